The van der Waals surface area contributed by atoms with Crippen LogP contribution in [0.1, 0.15) is 26.7 Å². The van der Waals surface area contributed by atoms with E-state index in [1.807, 2.05) is 13.8 Å². The minimum Gasteiger partial charge on any atom is -0.377 e. The highest BCUT2D eigenvalue weighted by Gasteiger charge is 2.31. The topological polar surface area (TPSA) is 49.9 Å². The Kier molecular flexibility index (Phi) is 7.08. The number of alkyl halides is 1. The summed E-state index contributed by atoms with van der Waals surface area (Å²) in [7, 11) is -3.27. The molecule has 1 aliphatic rings. The first kappa shape index (κ1) is 16.4. The second-order valence-electron chi connectivity index (χ2n) is 4.25. The maximum atomic E-state index is 12.3. The van der Waals surface area contributed by atoms with Gasteiger partial charge >= 0.3 is 0 Å². The van der Waals surface area contributed by atoms with E-state index in [9.17, 15) is 8.42 Å². The first-order valence-corrected chi connectivity index (χ1v) is 9.00. The number of rotatable bonds is 7. The van der Waals surface area contributed by atoms with Crippen molar-refractivity contribution < 1.29 is 13.2 Å². The van der Waals surface area contributed by atoms with Gasteiger partial charge in [-0.1, -0.05) is 29.8 Å². The highest BCUT2D eigenvalue weighted by atomic mass is 79.9. The molecule has 0 spiro atoms. The second kappa shape index (κ2) is 7.79. The summed E-state index contributed by atoms with van der Waals surface area (Å²) in [6, 6.07) is 0. The van der Waals surface area contributed by atoms with Crippen LogP contribution in [0.25, 0.3) is 0 Å². The zero-order valence-corrected chi connectivity index (χ0v) is 13.5. The third kappa shape index (κ3) is 4.16. The third-order valence-electron chi connectivity index (χ3n) is 3.19. The zero-order valence-electron chi connectivity index (χ0n) is 11.1. The predicted octanol–water partition coefficient (Wildman–Crippen LogP) is 1.45. The number of halogens is 1. The van der Waals surface area contributed by atoms with Gasteiger partial charge in [0, 0.05) is 31.5 Å². The van der Waals surface area contributed by atoms with Crippen molar-refractivity contribution in [3.63, 3.8) is 0 Å². The van der Waals surface area contributed by atoms with Crippen LogP contribution >= 0.6 is 15.9 Å². The Hall–Kier alpha value is 0.310. The molecule has 0 saturated carbocycles. The fraction of sp³-hybridized carbons (Fsp3) is 1.00. The Morgan fingerprint density at radius 3 is 2.28 bits per heavy atom. The van der Waals surface area contributed by atoms with Gasteiger partial charge in [-0.15, -0.1) is 0 Å². The van der Waals surface area contributed by atoms with Crippen LogP contribution in [0.2, 0.25) is 0 Å². The molecule has 5 nitrogen and oxygen atoms in total. The Labute approximate surface area is 119 Å². The van der Waals surface area contributed by atoms with Crippen molar-refractivity contribution in [3.05, 3.63) is 0 Å². The van der Waals surface area contributed by atoms with E-state index in [2.05, 4.69) is 15.9 Å². The summed E-state index contributed by atoms with van der Waals surface area (Å²) in [5.74, 6) is 0. The van der Waals surface area contributed by atoms with Gasteiger partial charge in [0.25, 0.3) is 10.2 Å². The zero-order chi connectivity index (χ0) is 13.6. The minimum absolute atomic E-state index is 0.200. The van der Waals surface area contributed by atoms with Crippen LogP contribution in [0.4, 0.5) is 0 Å². The van der Waals surface area contributed by atoms with Gasteiger partial charge < -0.3 is 4.74 Å². The molecular formula is C11H23BrN2O3S. The molecule has 0 amide bonds. The SMILES string of the molecule is CCN(CC)S(=O)(=O)N1CCC(OCCBr)CC1. The van der Waals surface area contributed by atoms with E-state index >= 15 is 0 Å². The van der Waals surface area contributed by atoms with E-state index in [0.29, 0.717) is 32.8 Å². The predicted molar refractivity (Wildman–Crippen MR) is 76.2 cm³/mol. The molecule has 108 valence electrons. The molecule has 1 fully saturated rings. The lowest BCUT2D eigenvalue weighted by Gasteiger charge is -2.34. The minimum atomic E-state index is -3.27. The number of nitrogens with zero attached hydrogens (tertiary/aromatic N) is 2. The molecule has 0 N–H and O–H groups in total. The Morgan fingerprint density at radius 2 is 1.83 bits per heavy atom. The maximum absolute atomic E-state index is 12.3. The lowest BCUT2D eigenvalue weighted by atomic mass is 10.1. The van der Waals surface area contributed by atoms with Gasteiger partial charge in [-0.05, 0) is 12.8 Å². The van der Waals surface area contributed by atoms with Crippen LogP contribution in [0.3, 0.4) is 0 Å². The van der Waals surface area contributed by atoms with Crippen molar-refractivity contribution >= 4 is 26.1 Å². The molecule has 18 heavy (non-hydrogen) atoms. The lowest BCUT2D eigenvalue weighted by Crippen LogP contribution is -2.48. The smallest absolute Gasteiger partial charge is 0.281 e. The molecule has 0 aromatic carbocycles. The van der Waals surface area contributed by atoms with Crippen molar-refractivity contribution in [1.29, 1.82) is 0 Å². The summed E-state index contributed by atoms with van der Waals surface area (Å²) >= 11 is 3.32. The van der Waals surface area contributed by atoms with E-state index in [4.69, 9.17) is 4.74 Å². The number of hydrogen-bond acceptors (Lipinski definition) is 3. The van der Waals surface area contributed by atoms with Crippen molar-refractivity contribution in [2.45, 2.75) is 32.8 Å². The largest absolute Gasteiger partial charge is 0.377 e. The molecule has 1 aliphatic heterocycles. The Morgan fingerprint density at radius 1 is 1.28 bits per heavy atom. The van der Waals surface area contributed by atoms with Gasteiger partial charge in [0.15, 0.2) is 0 Å². The van der Waals surface area contributed by atoms with Crippen LogP contribution in [-0.4, -0.2) is 61.2 Å². The number of hydrogen-bond donors (Lipinski definition) is 0. The van der Waals surface area contributed by atoms with E-state index < -0.39 is 10.2 Å². The van der Waals surface area contributed by atoms with Crippen molar-refractivity contribution in [2.24, 2.45) is 0 Å². The van der Waals surface area contributed by atoms with Gasteiger partial charge in [0.1, 0.15) is 0 Å². The standard InChI is InChI=1S/C11H23BrN2O3S/c1-3-13(4-2)18(15,16)14-8-5-11(6-9-14)17-10-7-12/h11H,3-10H2,1-2H3. The second-order valence-corrected chi connectivity index (χ2v) is 6.97. The molecule has 1 heterocycles. The molecule has 0 atom stereocenters. The summed E-state index contributed by atoms with van der Waals surface area (Å²) in [5, 5.41) is 0.824. The molecule has 0 unspecified atom stereocenters. The van der Waals surface area contributed by atoms with Crippen molar-refractivity contribution in [1.82, 2.24) is 8.61 Å². The van der Waals surface area contributed by atoms with Crippen LogP contribution < -0.4 is 0 Å². The fourth-order valence-electron chi connectivity index (χ4n) is 2.15. The van der Waals surface area contributed by atoms with E-state index in [-0.39, 0.29) is 6.10 Å². The number of ether oxygens (including phenoxy) is 1. The summed E-state index contributed by atoms with van der Waals surface area (Å²) in [4.78, 5) is 0. The van der Waals surface area contributed by atoms with Gasteiger partial charge in [0.2, 0.25) is 0 Å². The fourth-order valence-corrected chi connectivity index (χ4v) is 3.99. The molecule has 0 bridgehead atoms. The summed E-state index contributed by atoms with van der Waals surface area (Å²) in [5.41, 5.74) is 0. The van der Waals surface area contributed by atoms with Crippen molar-refractivity contribution in [3.8, 4) is 0 Å². The van der Waals surface area contributed by atoms with Gasteiger partial charge in [-0.3, -0.25) is 0 Å². The number of piperidine rings is 1. The molecule has 0 aliphatic carbocycles. The van der Waals surface area contributed by atoms with Crippen LogP contribution in [0.5, 0.6) is 0 Å². The van der Waals surface area contributed by atoms with Crippen molar-refractivity contribution in [2.75, 3.05) is 38.1 Å². The van der Waals surface area contributed by atoms with Gasteiger partial charge in [0.05, 0.1) is 12.7 Å². The average Bonchev–Trinajstić information content (AvgIpc) is 2.38. The van der Waals surface area contributed by atoms with E-state index in [1.54, 1.807) is 4.31 Å². The molecule has 0 aromatic heterocycles. The van der Waals surface area contributed by atoms with Crippen LogP contribution in [0.15, 0.2) is 0 Å². The third-order valence-corrected chi connectivity index (χ3v) is 5.70. The molecule has 0 aromatic rings. The first-order valence-electron chi connectivity index (χ1n) is 6.49. The Balaban J connectivity index is 2.51. The normalized spacial score (nSPS) is 19.6. The quantitative estimate of drug-likeness (QED) is 0.658. The highest BCUT2D eigenvalue weighted by molar-refractivity contribution is 9.09. The van der Waals surface area contributed by atoms with Gasteiger partial charge in [-0.25, -0.2) is 0 Å². The van der Waals surface area contributed by atoms with E-state index in [1.165, 1.54) is 4.31 Å². The molecule has 0 radical (unpaired) electrons. The summed E-state index contributed by atoms with van der Waals surface area (Å²) < 4.78 is 33.3. The van der Waals surface area contributed by atoms with Gasteiger partial charge in [-0.2, -0.15) is 17.0 Å². The monoisotopic (exact) mass is 342 g/mol. The molecule has 1 rings (SSSR count). The molecule has 1 saturated heterocycles. The summed E-state index contributed by atoms with van der Waals surface area (Å²) in [6.45, 7) is 6.60. The molecular weight excluding hydrogens is 320 g/mol. The average molecular weight is 343 g/mol. The van der Waals surface area contributed by atoms with Crippen LogP contribution in [-0.2, 0) is 14.9 Å². The van der Waals surface area contributed by atoms with Crippen LogP contribution in [0, 0.1) is 0 Å². The van der Waals surface area contributed by atoms with E-state index in [0.717, 1.165) is 18.2 Å². The lowest BCUT2D eigenvalue weighted by molar-refractivity contribution is 0.0300. The maximum Gasteiger partial charge on any atom is 0.281 e. The summed E-state index contributed by atoms with van der Waals surface area (Å²) in [6.07, 6.45) is 1.77. The molecule has 7 heteroatoms. The Bertz CT molecular complexity index is 325. The first-order chi connectivity index (χ1) is 8.56. The highest BCUT2D eigenvalue weighted by Crippen LogP contribution is 2.18.